The van der Waals surface area contributed by atoms with Crippen LogP contribution in [-0.4, -0.2) is 53.4 Å². The molecule has 186 valence electrons. The molecule has 1 saturated heterocycles. The highest BCUT2D eigenvalue weighted by Crippen LogP contribution is 2.61. The number of phenolic OH excluding ortho intramolecular Hbond substituents is 1. The Labute approximate surface area is 202 Å². The van der Waals surface area contributed by atoms with E-state index in [0.29, 0.717) is 54.4 Å². The van der Waals surface area contributed by atoms with Crippen LogP contribution in [0.5, 0.6) is 11.5 Å². The number of methoxy groups -OCH3 is 1. The SMILES string of the molecule is COc1cc(O)c(CN2CCOCC2)c(S(=O)CC2C(C)CCC3C(C)(C)CCCC23C)c1. The summed E-state index contributed by atoms with van der Waals surface area (Å²) in [5, 5.41) is 10.9. The van der Waals surface area contributed by atoms with Crippen molar-refractivity contribution in [3.8, 4) is 11.5 Å². The van der Waals surface area contributed by atoms with Crippen LogP contribution in [0.3, 0.4) is 0 Å². The van der Waals surface area contributed by atoms with Crippen molar-refractivity contribution in [3.63, 3.8) is 0 Å². The van der Waals surface area contributed by atoms with E-state index in [4.69, 9.17) is 9.47 Å². The van der Waals surface area contributed by atoms with E-state index in [-0.39, 0.29) is 11.2 Å². The van der Waals surface area contributed by atoms with Crippen molar-refractivity contribution in [1.29, 1.82) is 0 Å². The Morgan fingerprint density at radius 2 is 1.91 bits per heavy atom. The van der Waals surface area contributed by atoms with Crippen molar-refractivity contribution < 1.29 is 18.8 Å². The molecule has 2 aliphatic carbocycles. The molecule has 6 heteroatoms. The summed E-state index contributed by atoms with van der Waals surface area (Å²) in [6, 6.07) is 3.55. The minimum Gasteiger partial charge on any atom is -0.507 e. The maximum atomic E-state index is 14.0. The van der Waals surface area contributed by atoms with Crippen molar-refractivity contribution in [2.24, 2.45) is 28.6 Å². The molecule has 1 aromatic carbocycles. The summed E-state index contributed by atoms with van der Waals surface area (Å²) in [4.78, 5) is 3.02. The summed E-state index contributed by atoms with van der Waals surface area (Å²) >= 11 is 0. The highest BCUT2D eigenvalue weighted by molar-refractivity contribution is 7.85. The van der Waals surface area contributed by atoms with Gasteiger partial charge in [-0.2, -0.15) is 0 Å². The van der Waals surface area contributed by atoms with Gasteiger partial charge in [-0.1, -0.05) is 40.5 Å². The minimum absolute atomic E-state index is 0.184. The molecule has 5 nitrogen and oxygen atoms in total. The molecule has 0 bridgehead atoms. The van der Waals surface area contributed by atoms with Crippen molar-refractivity contribution in [1.82, 2.24) is 4.90 Å². The maximum absolute atomic E-state index is 14.0. The van der Waals surface area contributed by atoms with Gasteiger partial charge in [0.2, 0.25) is 0 Å². The predicted molar refractivity (Wildman–Crippen MR) is 133 cm³/mol. The molecular weight excluding hydrogens is 434 g/mol. The van der Waals surface area contributed by atoms with Gasteiger partial charge in [-0.25, -0.2) is 0 Å². The summed E-state index contributed by atoms with van der Waals surface area (Å²) < 4.78 is 25.0. The molecule has 5 unspecified atom stereocenters. The van der Waals surface area contributed by atoms with E-state index in [1.54, 1.807) is 13.2 Å². The minimum atomic E-state index is -1.20. The van der Waals surface area contributed by atoms with Gasteiger partial charge in [-0.15, -0.1) is 0 Å². The zero-order valence-electron chi connectivity index (χ0n) is 21.2. The van der Waals surface area contributed by atoms with Crippen LogP contribution in [-0.2, 0) is 22.1 Å². The number of aromatic hydroxyl groups is 1. The van der Waals surface area contributed by atoms with Crippen LogP contribution in [0.4, 0.5) is 0 Å². The number of hydrogen-bond acceptors (Lipinski definition) is 5. The van der Waals surface area contributed by atoms with Crippen LogP contribution in [0.15, 0.2) is 17.0 Å². The summed E-state index contributed by atoms with van der Waals surface area (Å²) in [6.07, 6.45) is 6.30. The smallest absolute Gasteiger partial charge is 0.124 e. The Hall–Kier alpha value is -1.11. The summed E-state index contributed by atoms with van der Waals surface area (Å²) in [5.74, 6) is 3.08. The molecule has 5 atom stereocenters. The van der Waals surface area contributed by atoms with E-state index >= 15 is 0 Å². The molecule has 1 aliphatic heterocycles. The van der Waals surface area contributed by atoms with Gasteiger partial charge in [-0.3, -0.25) is 9.11 Å². The second-order valence-corrected chi connectivity index (χ2v) is 13.0. The first-order valence-corrected chi connectivity index (χ1v) is 14.1. The number of ether oxygens (including phenoxy) is 2. The lowest BCUT2D eigenvalue weighted by atomic mass is 9.47. The van der Waals surface area contributed by atoms with Gasteiger partial charge in [-0.05, 0) is 53.9 Å². The van der Waals surface area contributed by atoms with Gasteiger partial charge in [0.25, 0.3) is 0 Å². The molecule has 0 aromatic heterocycles. The van der Waals surface area contributed by atoms with Crippen molar-refractivity contribution in [2.45, 2.75) is 71.2 Å². The molecule has 1 N–H and O–H groups in total. The highest BCUT2D eigenvalue weighted by atomic mass is 32.2. The fraction of sp³-hybridized carbons (Fsp3) is 0.778. The van der Waals surface area contributed by atoms with Crippen LogP contribution in [0.25, 0.3) is 0 Å². The lowest BCUT2D eigenvalue weighted by molar-refractivity contribution is -0.0853. The predicted octanol–water partition coefficient (Wildman–Crippen LogP) is 5.22. The number of nitrogens with zero attached hydrogens (tertiary/aromatic N) is 1. The average Bonchev–Trinajstić information content (AvgIpc) is 2.77. The maximum Gasteiger partial charge on any atom is 0.124 e. The van der Waals surface area contributed by atoms with Gasteiger partial charge in [0.05, 0.1) is 36.0 Å². The zero-order chi connectivity index (χ0) is 23.8. The lowest BCUT2D eigenvalue weighted by Crippen LogP contribution is -2.52. The average molecular weight is 478 g/mol. The quantitative estimate of drug-likeness (QED) is 0.609. The normalized spacial score (nSPS) is 33.3. The van der Waals surface area contributed by atoms with E-state index in [1.165, 1.54) is 32.1 Å². The fourth-order valence-electron chi connectivity index (χ4n) is 7.29. The molecule has 3 aliphatic rings. The first-order chi connectivity index (χ1) is 15.7. The third-order valence-electron chi connectivity index (χ3n) is 9.18. The fourth-order valence-corrected chi connectivity index (χ4v) is 9.19. The lowest BCUT2D eigenvalue weighted by Gasteiger charge is -2.59. The second kappa shape index (κ2) is 9.87. The first-order valence-electron chi connectivity index (χ1n) is 12.7. The van der Waals surface area contributed by atoms with E-state index < -0.39 is 10.8 Å². The van der Waals surface area contributed by atoms with Crippen molar-refractivity contribution >= 4 is 10.8 Å². The van der Waals surface area contributed by atoms with Crippen molar-refractivity contribution in [3.05, 3.63) is 17.7 Å². The molecule has 1 aromatic rings. The molecular formula is C27H43NO4S. The number of morpholine rings is 1. The molecule has 0 radical (unpaired) electrons. The summed E-state index contributed by atoms with van der Waals surface area (Å²) in [6.45, 7) is 13.4. The molecule has 4 rings (SSSR count). The van der Waals surface area contributed by atoms with E-state index in [9.17, 15) is 9.32 Å². The highest BCUT2D eigenvalue weighted by Gasteiger charge is 2.54. The second-order valence-electron chi connectivity index (χ2n) is 11.6. The van der Waals surface area contributed by atoms with Crippen LogP contribution >= 0.6 is 0 Å². The molecule has 3 fully saturated rings. The van der Waals surface area contributed by atoms with Crippen LogP contribution in [0.1, 0.15) is 65.4 Å². The Morgan fingerprint density at radius 3 is 2.61 bits per heavy atom. The number of fused-ring (bicyclic) bond motifs is 1. The van der Waals surface area contributed by atoms with Crippen molar-refractivity contribution in [2.75, 3.05) is 39.2 Å². The Balaban J connectivity index is 1.63. The zero-order valence-corrected chi connectivity index (χ0v) is 22.0. The molecule has 33 heavy (non-hydrogen) atoms. The number of hydrogen-bond donors (Lipinski definition) is 1. The summed E-state index contributed by atoms with van der Waals surface area (Å²) in [7, 11) is 0.396. The topological polar surface area (TPSA) is 59.0 Å². The Bertz CT molecular complexity index is 866. The van der Waals surface area contributed by atoms with Gasteiger partial charge >= 0.3 is 0 Å². The Kier molecular flexibility index (Phi) is 7.47. The van der Waals surface area contributed by atoms with E-state index in [0.717, 1.165) is 23.5 Å². The van der Waals surface area contributed by atoms with E-state index in [2.05, 4.69) is 32.6 Å². The van der Waals surface area contributed by atoms with Crippen LogP contribution in [0.2, 0.25) is 0 Å². The summed E-state index contributed by atoms with van der Waals surface area (Å²) in [5.41, 5.74) is 1.35. The van der Waals surface area contributed by atoms with E-state index in [1.807, 2.05) is 6.07 Å². The monoisotopic (exact) mass is 477 g/mol. The van der Waals surface area contributed by atoms with Gasteiger partial charge in [0, 0.05) is 37.0 Å². The number of benzene rings is 1. The van der Waals surface area contributed by atoms with Crippen LogP contribution in [0, 0.1) is 28.6 Å². The first kappa shape index (κ1) is 25.0. The molecule has 2 saturated carbocycles. The molecule has 0 spiro atoms. The van der Waals surface area contributed by atoms with Gasteiger partial charge < -0.3 is 14.6 Å². The number of rotatable bonds is 6. The third kappa shape index (κ3) is 4.99. The largest absolute Gasteiger partial charge is 0.507 e. The van der Waals surface area contributed by atoms with Gasteiger partial charge in [0.1, 0.15) is 11.5 Å². The number of phenols is 1. The molecule has 1 heterocycles. The van der Waals surface area contributed by atoms with Crippen LogP contribution < -0.4 is 4.74 Å². The van der Waals surface area contributed by atoms with Gasteiger partial charge in [0.15, 0.2) is 0 Å². The third-order valence-corrected chi connectivity index (χ3v) is 10.7. The molecule has 0 amide bonds. The Morgan fingerprint density at radius 1 is 1.18 bits per heavy atom. The standard InChI is InChI=1S/C27H43NO4S/c1-19-7-8-25-26(2,3)9-6-10-27(25,4)22(19)18-33(30)24-16-20(31-5)15-23(29)21(24)17-28-11-13-32-14-12-28/h15-16,19,22,25,29H,6-14,17-18H2,1-5H3.